The number of benzene rings is 1. The lowest BCUT2D eigenvalue weighted by atomic mass is 10.1. The zero-order valence-corrected chi connectivity index (χ0v) is 13.2. The van der Waals surface area contributed by atoms with E-state index in [-0.39, 0.29) is 0 Å². The molecule has 0 bridgehead atoms. The lowest BCUT2D eigenvalue weighted by molar-refractivity contribution is 0.146. The molecule has 2 N–H and O–H groups in total. The summed E-state index contributed by atoms with van der Waals surface area (Å²) in [4.78, 5) is 0.349. The van der Waals surface area contributed by atoms with Gasteiger partial charge in [0.25, 0.3) is 0 Å². The predicted octanol–water partition coefficient (Wildman–Crippen LogP) is 1.42. The molecule has 0 fully saturated rings. The smallest absolute Gasteiger partial charge is 0.240 e. The van der Waals surface area contributed by atoms with Gasteiger partial charge in [0.05, 0.1) is 4.90 Å². The summed E-state index contributed by atoms with van der Waals surface area (Å²) in [7, 11) is -1.61. The van der Waals surface area contributed by atoms with Crippen LogP contribution in [0.5, 0.6) is 0 Å². The second-order valence-electron chi connectivity index (χ2n) is 4.52. The Bertz CT molecular complexity index is 515. The maximum atomic E-state index is 12.3. The molecule has 0 radical (unpaired) electrons. The SMILES string of the molecule is CCOCCCNS(=O)(=O)c1cccc(CNC)c1C. The average molecular weight is 300 g/mol. The van der Waals surface area contributed by atoms with Crippen LogP contribution >= 0.6 is 0 Å². The normalized spacial score (nSPS) is 11.8. The van der Waals surface area contributed by atoms with Crippen molar-refractivity contribution in [1.82, 2.24) is 10.0 Å². The Kier molecular flexibility index (Phi) is 7.15. The highest BCUT2D eigenvalue weighted by Gasteiger charge is 2.17. The van der Waals surface area contributed by atoms with Crippen LogP contribution in [0.2, 0.25) is 0 Å². The van der Waals surface area contributed by atoms with Gasteiger partial charge in [0, 0.05) is 26.3 Å². The molecule has 0 saturated heterocycles. The van der Waals surface area contributed by atoms with E-state index in [1.807, 2.05) is 27.0 Å². The van der Waals surface area contributed by atoms with Crippen molar-refractivity contribution in [2.24, 2.45) is 0 Å². The van der Waals surface area contributed by atoms with Gasteiger partial charge in [0.2, 0.25) is 10.0 Å². The van der Waals surface area contributed by atoms with Crippen molar-refractivity contribution in [2.75, 3.05) is 26.8 Å². The minimum atomic E-state index is -3.45. The largest absolute Gasteiger partial charge is 0.382 e. The molecule has 20 heavy (non-hydrogen) atoms. The molecule has 0 unspecified atom stereocenters. The van der Waals surface area contributed by atoms with E-state index in [4.69, 9.17) is 4.74 Å². The van der Waals surface area contributed by atoms with Gasteiger partial charge >= 0.3 is 0 Å². The van der Waals surface area contributed by atoms with E-state index >= 15 is 0 Å². The van der Waals surface area contributed by atoms with Crippen LogP contribution in [0.1, 0.15) is 24.5 Å². The van der Waals surface area contributed by atoms with E-state index in [2.05, 4.69) is 10.0 Å². The number of ether oxygens (including phenoxy) is 1. The Morgan fingerprint density at radius 2 is 2.05 bits per heavy atom. The minimum Gasteiger partial charge on any atom is -0.382 e. The molecule has 0 aliphatic heterocycles. The fourth-order valence-electron chi connectivity index (χ4n) is 1.94. The summed E-state index contributed by atoms with van der Waals surface area (Å²) in [5, 5.41) is 3.04. The molecule has 1 aromatic rings. The molecule has 0 saturated carbocycles. The summed E-state index contributed by atoms with van der Waals surface area (Å²) in [6.07, 6.45) is 0.669. The molecule has 5 nitrogen and oxygen atoms in total. The van der Waals surface area contributed by atoms with Crippen LogP contribution in [0.15, 0.2) is 23.1 Å². The van der Waals surface area contributed by atoms with Crippen LogP contribution in [0.25, 0.3) is 0 Å². The highest BCUT2D eigenvalue weighted by molar-refractivity contribution is 7.89. The first-order chi connectivity index (χ1) is 9.53. The molecule has 0 heterocycles. The van der Waals surface area contributed by atoms with Crippen molar-refractivity contribution in [2.45, 2.75) is 31.7 Å². The summed E-state index contributed by atoms with van der Waals surface area (Å²) in [5.74, 6) is 0. The molecule has 6 heteroatoms. The van der Waals surface area contributed by atoms with Crippen molar-refractivity contribution < 1.29 is 13.2 Å². The highest BCUT2D eigenvalue weighted by Crippen LogP contribution is 2.18. The molecular formula is C14H24N2O3S. The Labute approximate surface area is 121 Å². The molecule has 0 aliphatic rings. The maximum absolute atomic E-state index is 12.3. The van der Waals surface area contributed by atoms with Gasteiger partial charge in [-0.2, -0.15) is 0 Å². The summed E-state index contributed by atoms with van der Waals surface area (Å²) in [6.45, 7) is 6.01. The number of hydrogen-bond acceptors (Lipinski definition) is 4. The molecule has 0 atom stereocenters. The molecular weight excluding hydrogens is 276 g/mol. The van der Waals surface area contributed by atoms with Gasteiger partial charge in [0.15, 0.2) is 0 Å². The second-order valence-corrected chi connectivity index (χ2v) is 6.25. The zero-order chi connectivity index (χ0) is 15.0. The van der Waals surface area contributed by atoms with Crippen molar-refractivity contribution in [3.05, 3.63) is 29.3 Å². The maximum Gasteiger partial charge on any atom is 0.240 e. The van der Waals surface area contributed by atoms with E-state index in [1.54, 1.807) is 12.1 Å². The molecule has 0 aromatic heterocycles. The summed E-state index contributed by atoms with van der Waals surface area (Å²) < 4.78 is 32.3. The molecule has 1 aromatic carbocycles. The summed E-state index contributed by atoms with van der Waals surface area (Å²) in [6, 6.07) is 5.34. The predicted molar refractivity (Wildman–Crippen MR) is 80.2 cm³/mol. The third-order valence-corrected chi connectivity index (χ3v) is 4.62. The third-order valence-electron chi connectivity index (χ3n) is 3.01. The van der Waals surface area contributed by atoms with Crippen molar-refractivity contribution in [1.29, 1.82) is 0 Å². The van der Waals surface area contributed by atoms with Gasteiger partial charge in [0.1, 0.15) is 0 Å². The Hall–Kier alpha value is -0.950. The quantitative estimate of drug-likeness (QED) is 0.677. The molecule has 1 rings (SSSR count). The van der Waals surface area contributed by atoms with Gasteiger partial charge in [-0.1, -0.05) is 12.1 Å². The van der Waals surface area contributed by atoms with E-state index in [1.165, 1.54) is 0 Å². The fraction of sp³-hybridized carbons (Fsp3) is 0.571. The molecule has 114 valence electrons. The zero-order valence-electron chi connectivity index (χ0n) is 12.4. The number of nitrogens with one attached hydrogen (secondary N) is 2. The van der Waals surface area contributed by atoms with E-state index in [0.717, 1.165) is 11.1 Å². The average Bonchev–Trinajstić information content (AvgIpc) is 2.41. The van der Waals surface area contributed by atoms with Crippen LogP contribution in [0, 0.1) is 6.92 Å². The second kappa shape index (κ2) is 8.36. The monoisotopic (exact) mass is 300 g/mol. The summed E-state index contributed by atoms with van der Waals surface area (Å²) in [5.41, 5.74) is 1.78. The first-order valence-corrected chi connectivity index (χ1v) is 8.31. The van der Waals surface area contributed by atoms with Crippen LogP contribution < -0.4 is 10.0 Å². The Morgan fingerprint density at radius 1 is 1.30 bits per heavy atom. The minimum absolute atomic E-state index is 0.349. The van der Waals surface area contributed by atoms with Gasteiger partial charge < -0.3 is 10.1 Å². The standard InChI is InChI=1S/C14H24N2O3S/c1-4-19-10-6-9-16-20(17,18)14-8-5-7-13(11-15-3)12(14)2/h5,7-8,15-16H,4,6,9-11H2,1-3H3. The van der Waals surface area contributed by atoms with Crippen LogP contribution in [0.3, 0.4) is 0 Å². The lowest BCUT2D eigenvalue weighted by Crippen LogP contribution is -2.26. The van der Waals surface area contributed by atoms with Crippen molar-refractivity contribution in [3.8, 4) is 0 Å². The van der Waals surface area contributed by atoms with Gasteiger partial charge in [-0.15, -0.1) is 0 Å². The highest BCUT2D eigenvalue weighted by atomic mass is 32.2. The van der Waals surface area contributed by atoms with Crippen LogP contribution in [0.4, 0.5) is 0 Å². The van der Waals surface area contributed by atoms with E-state index < -0.39 is 10.0 Å². The van der Waals surface area contributed by atoms with Crippen molar-refractivity contribution >= 4 is 10.0 Å². The molecule has 0 spiro atoms. The molecule has 0 amide bonds. The van der Waals surface area contributed by atoms with Crippen LogP contribution in [-0.4, -0.2) is 35.2 Å². The van der Waals surface area contributed by atoms with E-state index in [9.17, 15) is 8.42 Å². The van der Waals surface area contributed by atoms with E-state index in [0.29, 0.717) is 37.6 Å². The summed E-state index contributed by atoms with van der Waals surface area (Å²) >= 11 is 0. The number of rotatable bonds is 9. The van der Waals surface area contributed by atoms with Gasteiger partial charge in [-0.3, -0.25) is 0 Å². The first-order valence-electron chi connectivity index (χ1n) is 6.83. The fourth-order valence-corrected chi connectivity index (χ4v) is 3.30. The lowest BCUT2D eigenvalue weighted by Gasteiger charge is -2.12. The van der Waals surface area contributed by atoms with Gasteiger partial charge in [-0.05, 0) is 44.5 Å². The Balaban J connectivity index is 2.74. The Morgan fingerprint density at radius 3 is 2.70 bits per heavy atom. The van der Waals surface area contributed by atoms with Crippen molar-refractivity contribution in [3.63, 3.8) is 0 Å². The number of sulfonamides is 1. The van der Waals surface area contributed by atoms with Gasteiger partial charge in [-0.25, -0.2) is 13.1 Å². The van der Waals surface area contributed by atoms with Crippen LogP contribution in [-0.2, 0) is 21.3 Å². The first kappa shape index (κ1) is 17.1. The topological polar surface area (TPSA) is 67.4 Å². The number of hydrogen-bond donors (Lipinski definition) is 2. The third kappa shape index (κ3) is 4.86. The molecule has 0 aliphatic carbocycles.